The monoisotopic (exact) mass is 402 g/mol. The number of hydrogen-bond acceptors (Lipinski definition) is 3. The van der Waals surface area contributed by atoms with Crippen molar-refractivity contribution in [3.63, 3.8) is 0 Å². The molecule has 2 N–H and O–H groups in total. The van der Waals surface area contributed by atoms with Crippen LogP contribution in [-0.2, 0) is 10.0 Å². The van der Waals surface area contributed by atoms with Crippen LogP contribution in [0.3, 0.4) is 0 Å². The van der Waals surface area contributed by atoms with Crippen LogP contribution in [0.2, 0.25) is 0 Å². The third-order valence-corrected chi connectivity index (χ3v) is 5.35. The predicted octanol–water partition coefficient (Wildman–Crippen LogP) is 4.33. The van der Waals surface area contributed by atoms with Crippen molar-refractivity contribution in [3.05, 3.63) is 89.5 Å². The Balaban J connectivity index is 1.79. The van der Waals surface area contributed by atoms with Crippen LogP contribution in [0.5, 0.6) is 0 Å². The van der Waals surface area contributed by atoms with Crippen molar-refractivity contribution in [2.75, 3.05) is 10.0 Å². The quantitative estimate of drug-likeness (QED) is 0.667. The first kappa shape index (κ1) is 19.5. The number of amides is 1. The lowest BCUT2D eigenvalue weighted by Crippen LogP contribution is -2.15. The van der Waals surface area contributed by atoms with E-state index in [4.69, 9.17) is 0 Å². The Morgan fingerprint density at radius 2 is 1.57 bits per heavy atom. The van der Waals surface area contributed by atoms with Gasteiger partial charge >= 0.3 is 0 Å². The molecule has 0 atom stereocenters. The van der Waals surface area contributed by atoms with Gasteiger partial charge in [0.15, 0.2) is 0 Å². The highest BCUT2D eigenvalue weighted by Gasteiger charge is 2.16. The molecule has 3 aromatic carbocycles. The second-order valence-electron chi connectivity index (χ2n) is 6.03. The minimum Gasteiger partial charge on any atom is -0.319 e. The van der Waals surface area contributed by atoms with E-state index in [0.717, 1.165) is 12.1 Å². The van der Waals surface area contributed by atoms with Crippen LogP contribution < -0.4 is 10.0 Å². The number of rotatable bonds is 5. The van der Waals surface area contributed by atoms with Crippen LogP contribution in [0.15, 0.2) is 71.6 Å². The van der Waals surface area contributed by atoms with Crippen molar-refractivity contribution < 1.29 is 22.0 Å². The molecule has 0 fully saturated rings. The van der Waals surface area contributed by atoms with Crippen LogP contribution in [0.25, 0.3) is 0 Å². The maximum Gasteiger partial charge on any atom is 0.261 e. The van der Waals surface area contributed by atoms with Gasteiger partial charge in [-0.25, -0.2) is 17.2 Å². The minimum atomic E-state index is -3.76. The molecule has 0 aliphatic rings. The molecule has 0 saturated carbocycles. The Morgan fingerprint density at radius 3 is 2.21 bits per heavy atom. The van der Waals surface area contributed by atoms with Crippen LogP contribution in [0.4, 0.5) is 20.2 Å². The Labute approximate surface area is 161 Å². The highest BCUT2D eigenvalue weighted by Crippen LogP contribution is 2.22. The molecule has 0 aromatic heterocycles. The largest absolute Gasteiger partial charge is 0.319 e. The minimum absolute atomic E-state index is 0.114. The normalized spacial score (nSPS) is 11.1. The molecule has 144 valence electrons. The van der Waals surface area contributed by atoms with Gasteiger partial charge in [0.1, 0.15) is 11.6 Å². The van der Waals surface area contributed by atoms with E-state index in [1.165, 1.54) is 30.3 Å². The summed E-state index contributed by atoms with van der Waals surface area (Å²) in [4.78, 5) is 12.4. The Bertz CT molecular complexity index is 1130. The second kappa shape index (κ2) is 7.77. The van der Waals surface area contributed by atoms with E-state index in [1.807, 2.05) is 0 Å². The van der Waals surface area contributed by atoms with Crippen LogP contribution in [0.1, 0.15) is 15.9 Å². The van der Waals surface area contributed by atoms with E-state index >= 15 is 0 Å². The number of hydrogen-bond donors (Lipinski definition) is 2. The molecule has 0 spiro atoms. The summed E-state index contributed by atoms with van der Waals surface area (Å²) in [7, 11) is -3.76. The molecule has 3 rings (SSSR count). The summed E-state index contributed by atoms with van der Waals surface area (Å²) in [6.07, 6.45) is 0. The second-order valence-corrected chi connectivity index (χ2v) is 7.71. The molecule has 0 aliphatic heterocycles. The smallest absolute Gasteiger partial charge is 0.261 e. The topological polar surface area (TPSA) is 75.3 Å². The van der Waals surface area contributed by atoms with Gasteiger partial charge in [0.2, 0.25) is 0 Å². The number of aryl methyl sites for hydroxylation is 1. The lowest BCUT2D eigenvalue weighted by atomic mass is 10.1. The SMILES string of the molecule is Cc1cc(C(=O)Nc2ccc(F)cc2F)ccc1NS(=O)(=O)c1ccccc1. The highest BCUT2D eigenvalue weighted by atomic mass is 32.2. The molecule has 0 heterocycles. The maximum atomic E-state index is 13.7. The van der Waals surface area contributed by atoms with Crippen molar-refractivity contribution in [1.29, 1.82) is 0 Å². The number of anilines is 2. The van der Waals surface area contributed by atoms with Crippen molar-refractivity contribution in [2.24, 2.45) is 0 Å². The van der Waals surface area contributed by atoms with Gasteiger partial charge < -0.3 is 5.32 Å². The Kier molecular flexibility index (Phi) is 5.41. The van der Waals surface area contributed by atoms with Gasteiger partial charge in [-0.05, 0) is 55.0 Å². The molecule has 1 amide bonds. The lowest BCUT2D eigenvalue weighted by Gasteiger charge is -2.12. The highest BCUT2D eigenvalue weighted by molar-refractivity contribution is 7.92. The molecular formula is C20H16F2N2O3S. The third kappa shape index (κ3) is 4.34. The van der Waals surface area contributed by atoms with Crippen molar-refractivity contribution >= 4 is 27.3 Å². The van der Waals surface area contributed by atoms with E-state index in [-0.39, 0.29) is 16.1 Å². The van der Waals surface area contributed by atoms with Crippen LogP contribution >= 0.6 is 0 Å². The summed E-state index contributed by atoms with van der Waals surface area (Å²) in [6.45, 7) is 1.64. The van der Waals surface area contributed by atoms with Crippen LogP contribution in [0, 0.1) is 18.6 Å². The van der Waals surface area contributed by atoms with Gasteiger partial charge in [-0.3, -0.25) is 9.52 Å². The molecule has 8 heteroatoms. The average Bonchev–Trinajstić information content (AvgIpc) is 2.66. The summed E-state index contributed by atoms with van der Waals surface area (Å²) in [5, 5.41) is 2.36. The van der Waals surface area contributed by atoms with E-state index in [0.29, 0.717) is 17.3 Å². The number of carbonyl (C=O) groups is 1. The summed E-state index contributed by atoms with van der Waals surface area (Å²) in [6, 6.07) is 15.0. The Morgan fingerprint density at radius 1 is 0.893 bits per heavy atom. The first-order chi connectivity index (χ1) is 13.3. The first-order valence-corrected chi connectivity index (χ1v) is 9.69. The van der Waals surface area contributed by atoms with Crippen LogP contribution in [-0.4, -0.2) is 14.3 Å². The van der Waals surface area contributed by atoms with Crippen molar-refractivity contribution in [2.45, 2.75) is 11.8 Å². The van der Waals surface area contributed by atoms with E-state index < -0.39 is 27.6 Å². The number of nitrogens with one attached hydrogen (secondary N) is 2. The summed E-state index contributed by atoms with van der Waals surface area (Å²) >= 11 is 0. The third-order valence-electron chi connectivity index (χ3n) is 3.97. The van der Waals surface area contributed by atoms with E-state index in [1.54, 1.807) is 25.1 Å². The van der Waals surface area contributed by atoms with Gasteiger partial charge in [0.25, 0.3) is 15.9 Å². The fourth-order valence-electron chi connectivity index (χ4n) is 2.51. The molecule has 0 aliphatic carbocycles. The van der Waals surface area contributed by atoms with Gasteiger partial charge in [-0.1, -0.05) is 18.2 Å². The molecule has 5 nitrogen and oxygen atoms in total. The van der Waals surface area contributed by atoms with Gasteiger partial charge in [-0.15, -0.1) is 0 Å². The van der Waals surface area contributed by atoms with Crippen molar-refractivity contribution in [3.8, 4) is 0 Å². The van der Waals surface area contributed by atoms with Gasteiger partial charge in [0, 0.05) is 11.6 Å². The predicted molar refractivity (Wildman–Crippen MR) is 103 cm³/mol. The molecule has 3 aromatic rings. The maximum absolute atomic E-state index is 13.7. The average molecular weight is 402 g/mol. The fraction of sp³-hybridized carbons (Fsp3) is 0.0500. The number of benzene rings is 3. The summed E-state index contributed by atoms with van der Waals surface area (Å²) < 4.78 is 53.9. The number of halogens is 2. The molecule has 0 radical (unpaired) electrons. The Hall–Kier alpha value is -3.26. The van der Waals surface area contributed by atoms with E-state index in [9.17, 15) is 22.0 Å². The summed E-state index contributed by atoms with van der Waals surface area (Å²) in [5.41, 5.74) is 0.863. The molecule has 0 bridgehead atoms. The molecule has 0 saturated heterocycles. The lowest BCUT2D eigenvalue weighted by molar-refractivity contribution is 0.102. The zero-order valence-corrected chi connectivity index (χ0v) is 15.6. The zero-order valence-electron chi connectivity index (χ0n) is 14.7. The molecule has 0 unspecified atom stereocenters. The number of sulfonamides is 1. The summed E-state index contributed by atoms with van der Waals surface area (Å²) in [5.74, 6) is -2.25. The van der Waals surface area contributed by atoms with Crippen molar-refractivity contribution in [1.82, 2.24) is 0 Å². The fourth-order valence-corrected chi connectivity index (χ4v) is 3.66. The standard InChI is InChI=1S/C20H16F2N2O3S/c1-13-11-14(20(25)23-19-10-8-15(21)12-17(19)22)7-9-18(13)24-28(26,27)16-5-3-2-4-6-16/h2-12,24H,1H3,(H,23,25). The van der Waals surface area contributed by atoms with E-state index in [2.05, 4.69) is 10.0 Å². The number of carbonyl (C=O) groups excluding carboxylic acids is 1. The first-order valence-electron chi connectivity index (χ1n) is 8.21. The van der Waals surface area contributed by atoms with Gasteiger partial charge in [0.05, 0.1) is 16.3 Å². The molecular weight excluding hydrogens is 386 g/mol. The van der Waals surface area contributed by atoms with Gasteiger partial charge in [-0.2, -0.15) is 0 Å². The zero-order chi connectivity index (χ0) is 20.3. The molecule has 28 heavy (non-hydrogen) atoms.